The number of likely N-dealkylation sites (tertiary alicyclic amines) is 1. The Kier molecular flexibility index (Phi) is 3.30. The maximum Gasteiger partial charge on any atom is 0.268 e. The molecule has 0 N–H and O–H groups in total. The van der Waals surface area contributed by atoms with Gasteiger partial charge in [-0.25, -0.2) is 4.39 Å². The normalized spacial score (nSPS) is 16.2. The van der Waals surface area contributed by atoms with Crippen molar-refractivity contribution < 1.29 is 18.7 Å². The molecule has 6 nitrogen and oxygen atoms in total. The Morgan fingerprint density at radius 3 is 2.71 bits per heavy atom. The largest absolute Gasteiger partial charge is 0.454 e. The maximum atomic E-state index is 13.0. The van der Waals surface area contributed by atoms with Gasteiger partial charge in [0.2, 0.25) is 6.79 Å². The fraction of sp³-hybridized carbons (Fsp3) is 0.294. The zero-order valence-electron chi connectivity index (χ0n) is 13.0. The highest BCUT2D eigenvalue weighted by molar-refractivity contribution is 5.95. The molecule has 0 spiro atoms. The number of fused-ring (bicyclic) bond motifs is 1. The van der Waals surface area contributed by atoms with Gasteiger partial charge in [-0.15, -0.1) is 0 Å². The number of pyridine rings is 1. The molecule has 1 fully saturated rings. The molecule has 1 amide bonds. The number of nitrogens with zero attached hydrogens (tertiary/aromatic N) is 2. The van der Waals surface area contributed by atoms with E-state index in [1.54, 1.807) is 37.4 Å². The van der Waals surface area contributed by atoms with Gasteiger partial charge in [0, 0.05) is 12.3 Å². The zero-order valence-corrected chi connectivity index (χ0v) is 13.0. The Bertz CT molecular complexity index is 887. The van der Waals surface area contributed by atoms with Gasteiger partial charge in [0.1, 0.15) is 11.7 Å². The molecule has 0 aliphatic carbocycles. The first kappa shape index (κ1) is 14.7. The van der Waals surface area contributed by atoms with Crippen molar-refractivity contribution in [2.45, 2.75) is 13.1 Å². The molecule has 24 heavy (non-hydrogen) atoms. The summed E-state index contributed by atoms with van der Waals surface area (Å²) in [5.74, 6) is 0.738. The summed E-state index contributed by atoms with van der Waals surface area (Å²) in [6.45, 7) is 1.92. The molecule has 124 valence electrons. The smallest absolute Gasteiger partial charge is 0.268 e. The average Bonchev–Trinajstić information content (AvgIpc) is 2.99. The number of carbonyl (C=O) groups is 1. The van der Waals surface area contributed by atoms with Crippen molar-refractivity contribution in [3.05, 3.63) is 51.9 Å². The molecule has 0 unspecified atom stereocenters. The summed E-state index contributed by atoms with van der Waals surface area (Å²) < 4.78 is 25.0. The highest BCUT2D eigenvalue weighted by atomic mass is 19.1. The van der Waals surface area contributed by atoms with E-state index in [0.29, 0.717) is 22.7 Å². The first-order chi connectivity index (χ1) is 11.5. The lowest BCUT2D eigenvalue weighted by atomic mass is 10.1. The monoisotopic (exact) mass is 330 g/mol. The third-order valence-corrected chi connectivity index (χ3v) is 4.27. The summed E-state index contributed by atoms with van der Waals surface area (Å²) in [5, 5.41) is 0. The molecule has 2 aliphatic rings. The summed E-state index contributed by atoms with van der Waals surface area (Å²) in [7, 11) is 0. The number of halogens is 1. The average molecular weight is 330 g/mol. The van der Waals surface area contributed by atoms with Crippen molar-refractivity contribution in [3.8, 4) is 17.2 Å². The first-order valence-electron chi connectivity index (χ1n) is 7.60. The standard InChI is InChI=1S/C17H15FN2O4/c1-10-4-5-20(12-2-3-13-14(6-12)24-9-23-13)17(22)15(10)16(21)19-7-11(18)8-19/h2-6,11H,7-9H2,1H3. The number of amides is 1. The topological polar surface area (TPSA) is 60.8 Å². The van der Waals surface area contributed by atoms with Crippen LogP contribution in [0.3, 0.4) is 0 Å². The number of aryl methyl sites for hydroxylation is 1. The van der Waals surface area contributed by atoms with Gasteiger partial charge in [-0.2, -0.15) is 0 Å². The van der Waals surface area contributed by atoms with Crippen LogP contribution in [0.5, 0.6) is 11.5 Å². The summed E-state index contributed by atoms with van der Waals surface area (Å²) in [5.41, 5.74) is 0.790. The lowest BCUT2D eigenvalue weighted by Gasteiger charge is -2.34. The molecule has 1 aromatic carbocycles. The second-order valence-electron chi connectivity index (χ2n) is 5.89. The van der Waals surface area contributed by atoms with Crippen molar-refractivity contribution >= 4 is 5.91 Å². The number of carbonyl (C=O) groups excluding carboxylic acids is 1. The SMILES string of the molecule is Cc1ccn(-c2ccc3c(c2)OCO3)c(=O)c1C(=O)N1CC(F)C1. The van der Waals surface area contributed by atoms with Gasteiger partial charge in [-0.1, -0.05) is 0 Å². The molecule has 3 heterocycles. The Labute approximate surface area is 137 Å². The highest BCUT2D eigenvalue weighted by Gasteiger charge is 2.33. The van der Waals surface area contributed by atoms with Crippen LogP contribution in [-0.2, 0) is 0 Å². The van der Waals surface area contributed by atoms with E-state index in [-0.39, 0.29) is 25.4 Å². The van der Waals surface area contributed by atoms with Crippen molar-refractivity contribution in [1.29, 1.82) is 0 Å². The van der Waals surface area contributed by atoms with E-state index < -0.39 is 17.6 Å². The van der Waals surface area contributed by atoms with E-state index in [1.165, 1.54) is 9.47 Å². The molecular weight excluding hydrogens is 315 g/mol. The fourth-order valence-electron chi connectivity index (χ4n) is 2.87. The molecule has 0 radical (unpaired) electrons. The number of aromatic nitrogens is 1. The van der Waals surface area contributed by atoms with Crippen LogP contribution < -0.4 is 15.0 Å². The van der Waals surface area contributed by atoms with Crippen LogP contribution in [0.15, 0.2) is 35.3 Å². The van der Waals surface area contributed by atoms with Crippen LogP contribution in [-0.4, -0.2) is 41.4 Å². The predicted octanol–water partition coefficient (Wildman–Crippen LogP) is 1.67. The summed E-state index contributed by atoms with van der Waals surface area (Å²) in [4.78, 5) is 26.6. The second-order valence-corrected chi connectivity index (χ2v) is 5.89. The van der Waals surface area contributed by atoms with E-state index in [1.807, 2.05) is 0 Å². The summed E-state index contributed by atoms with van der Waals surface area (Å²) >= 11 is 0. The Balaban J connectivity index is 1.76. The lowest BCUT2D eigenvalue weighted by Crippen LogP contribution is -2.52. The first-order valence-corrected chi connectivity index (χ1v) is 7.60. The molecule has 1 aromatic heterocycles. The Morgan fingerprint density at radius 1 is 1.21 bits per heavy atom. The van der Waals surface area contributed by atoms with E-state index in [9.17, 15) is 14.0 Å². The van der Waals surface area contributed by atoms with Crippen molar-refractivity contribution in [2.24, 2.45) is 0 Å². The third kappa shape index (κ3) is 2.24. The van der Waals surface area contributed by atoms with Crippen LogP contribution >= 0.6 is 0 Å². The molecule has 7 heteroatoms. The van der Waals surface area contributed by atoms with E-state index in [4.69, 9.17) is 9.47 Å². The molecule has 4 rings (SSSR count). The predicted molar refractivity (Wildman–Crippen MR) is 83.7 cm³/mol. The highest BCUT2D eigenvalue weighted by Crippen LogP contribution is 2.33. The number of hydrogen-bond acceptors (Lipinski definition) is 4. The number of hydrogen-bond donors (Lipinski definition) is 0. The maximum absolute atomic E-state index is 13.0. The minimum Gasteiger partial charge on any atom is -0.454 e. The Hall–Kier alpha value is -2.83. The van der Waals surface area contributed by atoms with Gasteiger partial charge in [0.05, 0.1) is 18.8 Å². The van der Waals surface area contributed by atoms with Crippen molar-refractivity contribution in [3.63, 3.8) is 0 Å². The van der Waals surface area contributed by atoms with Crippen molar-refractivity contribution in [2.75, 3.05) is 19.9 Å². The minimum absolute atomic E-state index is 0.0383. The number of rotatable bonds is 2. The molecule has 0 saturated carbocycles. The zero-order chi connectivity index (χ0) is 16.8. The van der Waals surface area contributed by atoms with Crippen molar-refractivity contribution in [1.82, 2.24) is 9.47 Å². The van der Waals surface area contributed by atoms with Gasteiger partial charge in [-0.05, 0) is 30.7 Å². The molecule has 2 aromatic rings. The molecule has 1 saturated heterocycles. The quantitative estimate of drug-likeness (QED) is 0.840. The Morgan fingerprint density at radius 2 is 1.96 bits per heavy atom. The number of benzene rings is 1. The third-order valence-electron chi connectivity index (χ3n) is 4.27. The van der Waals surface area contributed by atoms with E-state index >= 15 is 0 Å². The van der Waals surface area contributed by atoms with Crippen LogP contribution in [0, 0.1) is 6.92 Å². The van der Waals surface area contributed by atoms with E-state index in [0.717, 1.165) is 0 Å². The van der Waals surface area contributed by atoms with Crippen LogP contribution in [0.1, 0.15) is 15.9 Å². The van der Waals surface area contributed by atoms with E-state index in [2.05, 4.69) is 0 Å². The summed E-state index contributed by atoms with van der Waals surface area (Å²) in [6.07, 6.45) is 0.606. The lowest BCUT2D eigenvalue weighted by molar-refractivity contribution is 0.0397. The van der Waals surface area contributed by atoms with Gasteiger partial charge in [-0.3, -0.25) is 14.2 Å². The van der Waals surface area contributed by atoms with Crippen LogP contribution in [0.25, 0.3) is 5.69 Å². The van der Waals surface area contributed by atoms with Crippen LogP contribution in [0.4, 0.5) is 4.39 Å². The van der Waals surface area contributed by atoms with Gasteiger partial charge in [0.15, 0.2) is 11.5 Å². The second kappa shape index (κ2) is 5.36. The number of ether oxygens (including phenoxy) is 2. The van der Waals surface area contributed by atoms with Gasteiger partial charge < -0.3 is 14.4 Å². The molecule has 0 atom stereocenters. The minimum atomic E-state index is -1.01. The molecule has 2 aliphatic heterocycles. The van der Waals surface area contributed by atoms with Gasteiger partial charge >= 0.3 is 0 Å². The summed E-state index contributed by atoms with van der Waals surface area (Å²) in [6, 6.07) is 6.83. The molecule has 0 bridgehead atoms. The van der Waals surface area contributed by atoms with Crippen LogP contribution in [0.2, 0.25) is 0 Å². The van der Waals surface area contributed by atoms with Gasteiger partial charge in [0.25, 0.3) is 11.5 Å². The number of alkyl halides is 1. The fourth-order valence-corrected chi connectivity index (χ4v) is 2.87. The molecular formula is C17H15FN2O4.